The molecule has 1 unspecified atom stereocenters. The van der Waals surface area contributed by atoms with Crippen molar-refractivity contribution in [3.63, 3.8) is 0 Å². The second-order valence-electron chi connectivity index (χ2n) is 6.86. The van der Waals surface area contributed by atoms with E-state index in [0.29, 0.717) is 5.56 Å². The highest BCUT2D eigenvalue weighted by atomic mass is 32.1. The van der Waals surface area contributed by atoms with Crippen molar-refractivity contribution in [3.8, 4) is 16.3 Å². The molecule has 0 aliphatic rings. The molecule has 0 amide bonds. The van der Waals surface area contributed by atoms with Gasteiger partial charge in [-0.05, 0) is 68.8 Å². The average molecular weight is 422 g/mol. The Morgan fingerprint density at radius 3 is 2.60 bits per heavy atom. The highest BCUT2D eigenvalue weighted by Crippen LogP contribution is 2.34. The van der Waals surface area contributed by atoms with Crippen LogP contribution in [0.3, 0.4) is 0 Å². The van der Waals surface area contributed by atoms with E-state index in [0.717, 1.165) is 32.4 Å². The maximum Gasteiger partial charge on any atom is 0.339 e. The van der Waals surface area contributed by atoms with Crippen LogP contribution in [0.25, 0.3) is 16.3 Å². The molecule has 0 aliphatic heterocycles. The SMILES string of the molecule is Cc1cc(-n2cncn2)ccc1C(=O)OC(C)c1sc(-c2ccc(F)cc2)nc1C. The van der Waals surface area contributed by atoms with Gasteiger partial charge in [-0.1, -0.05) is 0 Å². The van der Waals surface area contributed by atoms with Gasteiger partial charge in [-0.25, -0.2) is 23.8 Å². The molecule has 0 bridgehead atoms. The predicted octanol–water partition coefficient (Wildman–Crippen LogP) is 5.06. The van der Waals surface area contributed by atoms with Gasteiger partial charge in [-0.2, -0.15) is 5.10 Å². The molecule has 2 aromatic carbocycles. The van der Waals surface area contributed by atoms with Gasteiger partial charge in [0.2, 0.25) is 0 Å². The highest BCUT2D eigenvalue weighted by Gasteiger charge is 2.21. The van der Waals surface area contributed by atoms with Crippen molar-refractivity contribution in [2.45, 2.75) is 26.9 Å². The summed E-state index contributed by atoms with van der Waals surface area (Å²) in [6, 6.07) is 11.6. The lowest BCUT2D eigenvalue weighted by molar-refractivity contribution is 0.0342. The van der Waals surface area contributed by atoms with E-state index >= 15 is 0 Å². The number of ether oxygens (including phenoxy) is 1. The third-order valence-corrected chi connectivity index (χ3v) is 6.06. The van der Waals surface area contributed by atoms with Gasteiger partial charge in [-0.15, -0.1) is 11.3 Å². The van der Waals surface area contributed by atoms with Gasteiger partial charge >= 0.3 is 5.97 Å². The Bertz CT molecular complexity index is 1190. The van der Waals surface area contributed by atoms with Crippen molar-refractivity contribution in [2.24, 2.45) is 0 Å². The first kappa shape index (κ1) is 19.9. The van der Waals surface area contributed by atoms with Crippen LogP contribution in [0.5, 0.6) is 0 Å². The van der Waals surface area contributed by atoms with Crippen LogP contribution in [0.4, 0.5) is 4.39 Å². The van der Waals surface area contributed by atoms with Crippen LogP contribution >= 0.6 is 11.3 Å². The van der Waals surface area contributed by atoms with Gasteiger partial charge in [0.15, 0.2) is 0 Å². The zero-order valence-corrected chi connectivity index (χ0v) is 17.5. The topological polar surface area (TPSA) is 69.9 Å². The Balaban J connectivity index is 1.52. The number of rotatable bonds is 5. The van der Waals surface area contributed by atoms with Crippen LogP contribution in [0, 0.1) is 19.7 Å². The molecule has 0 saturated heterocycles. The summed E-state index contributed by atoms with van der Waals surface area (Å²) in [6.45, 7) is 5.56. The van der Waals surface area contributed by atoms with Gasteiger partial charge < -0.3 is 4.74 Å². The number of nitrogens with zero attached hydrogens (tertiary/aromatic N) is 4. The standard InChI is InChI=1S/C22H19FN4O2S/c1-13-10-18(27-12-24-11-25-27)8-9-19(13)22(28)29-15(3)20-14(2)26-21(30-20)16-4-6-17(23)7-5-16/h4-12,15H,1-3H3. The molecule has 2 heterocycles. The number of aryl methyl sites for hydroxylation is 2. The van der Waals surface area contributed by atoms with Crippen LogP contribution in [-0.4, -0.2) is 25.7 Å². The summed E-state index contributed by atoms with van der Waals surface area (Å²) in [5, 5.41) is 4.86. The summed E-state index contributed by atoms with van der Waals surface area (Å²) < 4.78 is 20.5. The van der Waals surface area contributed by atoms with Gasteiger partial charge in [0.25, 0.3) is 0 Å². The largest absolute Gasteiger partial charge is 0.453 e. The zero-order chi connectivity index (χ0) is 21.3. The van der Waals surface area contributed by atoms with Crippen molar-refractivity contribution in [2.75, 3.05) is 0 Å². The smallest absolute Gasteiger partial charge is 0.339 e. The molecule has 0 saturated carbocycles. The molecule has 152 valence electrons. The number of aromatic nitrogens is 4. The second-order valence-corrected chi connectivity index (χ2v) is 7.89. The van der Waals surface area contributed by atoms with Gasteiger partial charge in [-0.3, -0.25) is 0 Å². The van der Waals surface area contributed by atoms with Crippen LogP contribution in [0.1, 0.15) is 39.5 Å². The van der Waals surface area contributed by atoms with Crippen molar-refractivity contribution < 1.29 is 13.9 Å². The lowest BCUT2D eigenvalue weighted by Gasteiger charge is -2.14. The van der Waals surface area contributed by atoms with Crippen LogP contribution < -0.4 is 0 Å². The number of benzene rings is 2. The normalized spacial score (nSPS) is 12.0. The summed E-state index contributed by atoms with van der Waals surface area (Å²) in [6.07, 6.45) is 2.59. The van der Waals surface area contributed by atoms with Crippen molar-refractivity contribution in [3.05, 3.63) is 82.6 Å². The third kappa shape index (κ3) is 3.99. The molecule has 4 aromatic rings. The Morgan fingerprint density at radius 1 is 1.17 bits per heavy atom. The fourth-order valence-electron chi connectivity index (χ4n) is 3.14. The van der Waals surface area contributed by atoms with E-state index in [2.05, 4.69) is 15.1 Å². The molecule has 8 heteroatoms. The molecule has 0 fully saturated rings. The summed E-state index contributed by atoms with van der Waals surface area (Å²) in [7, 11) is 0. The molecule has 0 N–H and O–H groups in total. The summed E-state index contributed by atoms with van der Waals surface area (Å²) in [4.78, 5) is 22.1. The van der Waals surface area contributed by atoms with E-state index < -0.39 is 12.1 Å². The number of carbonyl (C=O) groups excluding carboxylic acids is 1. The summed E-state index contributed by atoms with van der Waals surface area (Å²) in [5.41, 5.74) is 3.71. The lowest BCUT2D eigenvalue weighted by Crippen LogP contribution is -2.11. The number of esters is 1. The molecule has 6 nitrogen and oxygen atoms in total. The number of thiazole rings is 1. The highest BCUT2D eigenvalue weighted by molar-refractivity contribution is 7.15. The fourth-order valence-corrected chi connectivity index (χ4v) is 4.19. The van der Waals surface area contributed by atoms with E-state index in [1.165, 1.54) is 29.8 Å². The van der Waals surface area contributed by atoms with Gasteiger partial charge in [0.05, 0.1) is 21.8 Å². The lowest BCUT2D eigenvalue weighted by atomic mass is 10.1. The third-order valence-electron chi connectivity index (χ3n) is 4.69. The second kappa shape index (κ2) is 8.16. The Morgan fingerprint density at radius 2 is 1.93 bits per heavy atom. The first-order valence-electron chi connectivity index (χ1n) is 9.32. The molecule has 1 atom stereocenters. The zero-order valence-electron chi connectivity index (χ0n) is 16.7. The molecule has 0 radical (unpaired) electrons. The van der Waals surface area contributed by atoms with Crippen LogP contribution in [0.2, 0.25) is 0 Å². The first-order chi connectivity index (χ1) is 14.4. The molecule has 30 heavy (non-hydrogen) atoms. The molecular formula is C22H19FN4O2S. The average Bonchev–Trinajstić information content (AvgIpc) is 3.38. The Hall–Kier alpha value is -3.39. The van der Waals surface area contributed by atoms with Crippen LogP contribution in [-0.2, 0) is 4.74 Å². The molecule has 2 aromatic heterocycles. The van der Waals surface area contributed by atoms with Gasteiger partial charge in [0, 0.05) is 5.56 Å². The predicted molar refractivity (Wildman–Crippen MR) is 112 cm³/mol. The number of hydrogen-bond acceptors (Lipinski definition) is 6. The monoisotopic (exact) mass is 422 g/mol. The van der Waals surface area contributed by atoms with E-state index in [1.54, 1.807) is 35.3 Å². The minimum Gasteiger partial charge on any atom is -0.453 e. The van der Waals surface area contributed by atoms with E-state index in [-0.39, 0.29) is 5.82 Å². The minimum absolute atomic E-state index is 0.292. The molecule has 0 spiro atoms. The summed E-state index contributed by atoms with van der Waals surface area (Å²) >= 11 is 1.44. The quantitative estimate of drug-likeness (QED) is 0.420. The Kier molecular flexibility index (Phi) is 5.41. The molecule has 0 aliphatic carbocycles. The van der Waals surface area contributed by atoms with E-state index in [9.17, 15) is 9.18 Å². The van der Waals surface area contributed by atoms with E-state index in [4.69, 9.17) is 4.74 Å². The summed E-state index contributed by atoms with van der Waals surface area (Å²) in [5.74, 6) is -0.693. The molecule has 4 rings (SSSR count). The van der Waals surface area contributed by atoms with E-state index in [1.807, 2.05) is 26.8 Å². The van der Waals surface area contributed by atoms with Crippen molar-refractivity contribution in [1.82, 2.24) is 19.7 Å². The minimum atomic E-state index is -0.460. The number of carbonyl (C=O) groups is 1. The Labute approximate surface area is 177 Å². The van der Waals surface area contributed by atoms with Crippen molar-refractivity contribution in [1.29, 1.82) is 0 Å². The van der Waals surface area contributed by atoms with Gasteiger partial charge in [0.1, 0.15) is 29.6 Å². The van der Waals surface area contributed by atoms with Crippen molar-refractivity contribution >= 4 is 17.3 Å². The molecular weight excluding hydrogens is 403 g/mol. The maximum absolute atomic E-state index is 13.2. The number of halogens is 1. The van der Waals surface area contributed by atoms with Crippen LogP contribution in [0.15, 0.2) is 55.1 Å². The maximum atomic E-state index is 13.2. The fraction of sp³-hybridized carbons (Fsp3) is 0.182. The number of hydrogen-bond donors (Lipinski definition) is 0. The first-order valence-corrected chi connectivity index (χ1v) is 10.1.